The molecule has 40 heavy (non-hydrogen) atoms. The second-order valence-corrected chi connectivity index (χ2v) is 10.7. The van der Waals surface area contributed by atoms with E-state index in [-0.39, 0.29) is 48.1 Å². The smallest absolute Gasteiger partial charge is 0.222 e. The second-order valence-electron chi connectivity index (χ2n) is 10.7. The zero-order valence-corrected chi connectivity index (χ0v) is 22.9. The SMILES string of the molecule is Cc1c(F)cccc1[C@@H]1[C@@H](C(=O)c2cccc(O)c2)CN(C(=O)CCCN(C)C)C[C@@H]1C(=O)c1ccccc1F. The van der Waals surface area contributed by atoms with Gasteiger partial charge in [-0.25, -0.2) is 8.78 Å². The minimum absolute atomic E-state index is 0.0109. The van der Waals surface area contributed by atoms with Gasteiger partial charge >= 0.3 is 0 Å². The van der Waals surface area contributed by atoms with Crippen molar-refractivity contribution in [2.75, 3.05) is 33.7 Å². The van der Waals surface area contributed by atoms with Crippen LogP contribution in [0.1, 0.15) is 50.6 Å². The highest BCUT2D eigenvalue weighted by molar-refractivity contribution is 6.03. The average molecular weight is 549 g/mol. The largest absolute Gasteiger partial charge is 0.508 e. The van der Waals surface area contributed by atoms with E-state index in [4.69, 9.17) is 0 Å². The Morgan fingerprint density at radius 1 is 0.900 bits per heavy atom. The molecule has 1 aliphatic rings. The van der Waals surface area contributed by atoms with Gasteiger partial charge in [0.2, 0.25) is 5.91 Å². The molecule has 4 rings (SSSR count). The summed E-state index contributed by atoms with van der Waals surface area (Å²) in [7, 11) is 3.81. The van der Waals surface area contributed by atoms with E-state index in [1.807, 2.05) is 19.0 Å². The van der Waals surface area contributed by atoms with E-state index in [0.29, 0.717) is 24.1 Å². The standard InChI is InChI=1S/C32H34F2N2O4/c1-20-23(12-7-14-27(20)33)30-25(31(39)21-9-6-10-22(37)17-21)18-36(29(38)15-8-16-35(2)3)19-26(30)32(40)24-11-4-5-13-28(24)34/h4-7,9-14,17,25-26,30,37H,8,15-16,18-19H2,1-3H3/t25-,26-,30+/m0/s1. The van der Waals surface area contributed by atoms with Crippen molar-refractivity contribution in [1.29, 1.82) is 0 Å². The van der Waals surface area contributed by atoms with Crippen LogP contribution in [-0.4, -0.2) is 66.1 Å². The van der Waals surface area contributed by atoms with Gasteiger partial charge in [0.1, 0.15) is 17.4 Å². The van der Waals surface area contributed by atoms with Crippen LogP contribution in [0.15, 0.2) is 66.7 Å². The normalized spacial score (nSPS) is 19.1. The van der Waals surface area contributed by atoms with Crippen LogP contribution in [0, 0.1) is 30.4 Å². The zero-order chi connectivity index (χ0) is 29.0. The first-order valence-electron chi connectivity index (χ1n) is 13.4. The van der Waals surface area contributed by atoms with E-state index in [1.165, 1.54) is 47.4 Å². The Morgan fingerprint density at radius 3 is 2.23 bits per heavy atom. The van der Waals surface area contributed by atoms with Crippen molar-refractivity contribution < 1.29 is 28.3 Å². The van der Waals surface area contributed by atoms with Crippen LogP contribution in [0.4, 0.5) is 8.78 Å². The third-order valence-corrected chi connectivity index (χ3v) is 7.66. The third kappa shape index (κ3) is 6.28. The molecule has 0 spiro atoms. The number of benzene rings is 3. The number of aromatic hydroxyl groups is 1. The summed E-state index contributed by atoms with van der Waals surface area (Å²) in [5, 5.41) is 10.1. The minimum atomic E-state index is -1.00. The lowest BCUT2D eigenvalue weighted by molar-refractivity contribution is -0.133. The van der Waals surface area contributed by atoms with Crippen LogP contribution in [0.3, 0.4) is 0 Å². The van der Waals surface area contributed by atoms with Crippen LogP contribution in [0.2, 0.25) is 0 Å². The first-order chi connectivity index (χ1) is 19.1. The minimum Gasteiger partial charge on any atom is -0.508 e. The van der Waals surface area contributed by atoms with Crippen molar-refractivity contribution >= 4 is 17.5 Å². The number of carbonyl (C=O) groups is 3. The Balaban J connectivity index is 1.84. The Morgan fingerprint density at radius 2 is 1.55 bits per heavy atom. The van der Waals surface area contributed by atoms with Gasteiger partial charge in [-0.3, -0.25) is 14.4 Å². The number of rotatable bonds is 9. The molecule has 1 fully saturated rings. The van der Waals surface area contributed by atoms with E-state index < -0.39 is 35.2 Å². The van der Waals surface area contributed by atoms with Crippen LogP contribution in [0.5, 0.6) is 5.75 Å². The van der Waals surface area contributed by atoms with Gasteiger partial charge in [0.05, 0.1) is 5.56 Å². The monoisotopic (exact) mass is 548 g/mol. The van der Waals surface area contributed by atoms with Gasteiger partial charge in [-0.05, 0) is 75.4 Å². The van der Waals surface area contributed by atoms with E-state index in [1.54, 1.807) is 31.2 Å². The number of carbonyl (C=O) groups excluding carboxylic acids is 3. The number of hydrogen-bond acceptors (Lipinski definition) is 5. The molecule has 0 radical (unpaired) electrons. The fourth-order valence-electron chi connectivity index (χ4n) is 5.61. The quantitative estimate of drug-likeness (QED) is 0.370. The lowest BCUT2D eigenvalue weighted by atomic mass is 9.67. The lowest BCUT2D eigenvalue weighted by Gasteiger charge is -2.43. The molecule has 1 amide bonds. The van der Waals surface area contributed by atoms with E-state index in [2.05, 4.69) is 0 Å². The van der Waals surface area contributed by atoms with Crippen molar-refractivity contribution in [3.05, 3.63) is 101 Å². The van der Waals surface area contributed by atoms with Gasteiger partial charge in [-0.2, -0.15) is 0 Å². The molecule has 0 bridgehead atoms. The number of ketones is 2. The van der Waals surface area contributed by atoms with Gasteiger partial charge < -0.3 is 14.9 Å². The molecular weight excluding hydrogens is 514 g/mol. The summed E-state index contributed by atoms with van der Waals surface area (Å²) in [6.45, 7) is 2.26. The maximum absolute atomic E-state index is 14.9. The number of Topliss-reactive ketones (excluding diaryl/α,β-unsaturated/α-hetero) is 2. The third-order valence-electron chi connectivity index (χ3n) is 7.66. The van der Waals surface area contributed by atoms with E-state index in [0.717, 1.165) is 0 Å². The molecule has 8 heteroatoms. The second kappa shape index (κ2) is 12.5. The van der Waals surface area contributed by atoms with E-state index in [9.17, 15) is 28.3 Å². The molecule has 0 saturated carbocycles. The van der Waals surface area contributed by atoms with Gasteiger partial charge in [-0.15, -0.1) is 0 Å². The summed E-state index contributed by atoms with van der Waals surface area (Å²) in [4.78, 5) is 44.9. The highest BCUT2D eigenvalue weighted by Crippen LogP contribution is 2.43. The number of phenolic OH excluding ortho intramolecular Hbond substituents is 1. The molecule has 0 aliphatic carbocycles. The Labute approximate surface area is 233 Å². The number of phenols is 1. The van der Waals surface area contributed by atoms with Crippen molar-refractivity contribution in [2.24, 2.45) is 11.8 Å². The van der Waals surface area contributed by atoms with Crippen molar-refractivity contribution in [3.63, 3.8) is 0 Å². The fraction of sp³-hybridized carbons (Fsp3) is 0.344. The summed E-state index contributed by atoms with van der Waals surface area (Å²) in [5.74, 6) is -5.21. The molecule has 1 N–H and O–H groups in total. The first kappa shape index (κ1) is 29.1. The molecule has 3 aromatic carbocycles. The molecule has 1 aliphatic heterocycles. The number of amides is 1. The predicted octanol–water partition coefficient (Wildman–Crippen LogP) is 5.24. The number of hydrogen-bond donors (Lipinski definition) is 1. The lowest BCUT2D eigenvalue weighted by Crippen LogP contribution is -2.52. The summed E-state index contributed by atoms with van der Waals surface area (Å²) in [6.07, 6.45) is 0.807. The van der Waals surface area contributed by atoms with Crippen LogP contribution in [-0.2, 0) is 4.79 Å². The van der Waals surface area contributed by atoms with Crippen molar-refractivity contribution in [3.8, 4) is 5.75 Å². The van der Waals surface area contributed by atoms with Crippen molar-refractivity contribution in [1.82, 2.24) is 9.80 Å². The summed E-state index contributed by atoms with van der Waals surface area (Å²) >= 11 is 0. The van der Waals surface area contributed by atoms with Crippen LogP contribution in [0.25, 0.3) is 0 Å². The molecule has 1 heterocycles. The van der Waals surface area contributed by atoms with Gasteiger partial charge in [0, 0.05) is 42.8 Å². The molecule has 6 nitrogen and oxygen atoms in total. The van der Waals surface area contributed by atoms with Crippen LogP contribution < -0.4 is 0 Å². The Bertz CT molecular complexity index is 1410. The van der Waals surface area contributed by atoms with E-state index >= 15 is 0 Å². The topological polar surface area (TPSA) is 77.9 Å². The fourth-order valence-corrected chi connectivity index (χ4v) is 5.61. The molecule has 210 valence electrons. The molecule has 3 atom stereocenters. The van der Waals surface area contributed by atoms with Gasteiger partial charge in [0.15, 0.2) is 11.6 Å². The highest BCUT2D eigenvalue weighted by atomic mass is 19.1. The van der Waals surface area contributed by atoms with Gasteiger partial charge in [0.25, 0.3) is 0 Å². The van der Waals surface area contributed by atoms with Crippen molar-refractivity contribution in [2.45, 2.75) is 25.7 Å². The summed E-state index contributed by atoms with van der Waals surface area (Å²) in [6, 6.07) is 16.0. The Kier molecular flexibility index (Phi) is 9.10. The predicted molar refractivity (Wildman–Crippen MR) is 148 cm³/mol. The molecule has 0 aromatic heterocycles. The zero-order valence-electron chi connectivity index (χ0n) is 22.9. The van der Waals surface area contributed by atoms with Crippen LogP contribution >= 0.6 is 0 Å². The maximum atomic E-state index is 14.9. The maximum Gasteiger partial charge on any atom is 0.222 e. The number of piperidine rings is 1. The molecule has 1 saturated heterocycles. The summed E-state index contributed by atoms with van der Waals surface area (Å²) in [5.41, 5.74) is 0.825. The summed E-state index contributed by atoms with van der Waals surface area (Å²) < 4.78 is 29.7. The van der Waals surface area contributed by atoms with Gasteiger partial charge in [-0.1, -0.05) is 36.4 Å². The average Bonchev–Trinajstić information content (AvgIpc) is 2.93. The molecule has 0 unspecified atom stereocenters. The highest BCUT2D eigenvalue weighted by Gasteiger charge is 2.47. The molecule has 3 aromatic rings. The first-order valence-corrected chi connectivity index (χ1v) is 13.4. The molecular formula is C32H34F2N2O4. The number of nitrogens with zero attached hydrogens (tertiary/aromatic N) is 2. The Hall–Kier alpha value is -3.91. The number of halogens is 2. The number of likely N-dealkylation sites (tertiary alicyclic amines) is 1.